The number of hydrogen-bond acceptors (Lipinski definition) is 4. The molecule has 2 heterocycles. The van der Waals surface area contributed by atoms with Crippen LogP contribution in [0.15, 0.2) is 36.5 Å². The Balaban J connectivity index is 1.77. The lowest BCUT2D eigenvalue weighted by molar-refractivity contribution is 0.427. The minimum absolute atomic E-state index is 0.295. The van der Waals surface area contributed by atoms with E-state index in [0.717, 1.165) is 24.6 Å². The van der Waals surface area contributed by atoms with Crippen LogP contribution in [0.5, 0.6) is 5.75 Å². The summed E-state index contributed by atoms with van der Waals surface area (Å²) >= 11 is 0. The molecule has 0 saturated carbocycles. The molecule has 5 heteroatoms. The lowest BCUT2D eigenvalue weighted by atomic mass is 10.2. The molecule has 4 nitrogen and oxygen atoms in total. The number of anilines is 2. The summed E-state index contributed by atoms with van der Waals surface area (Å²) in [7, 11) is 0. The molecule has 1 aromatic heterocycles. The van der Waals surface area contributed by atoms with Gasteiger partial charge in [0.2, 0.25) is 0 Å². The van der Waals surface area contributed by atoms with E-state index in [1.165, 1.54) is 18.9 Å². The molecule has 2 aromatic rings. The molecule has 2 N–H and O–H groups in total. The third-order valence-electron chi connectivity index (χ3n) is 3.73. The highest BCUT2D eigenvalue weighted by Crippen LogP contribution is 2.28. The van der Waals surface area contributed by atoms with Crippen LogP contribution in [-0.4, -0.2) is 23.2 Å². The smallest absolute Gasteiger partial charge is 0.165 e. The summed E-state index contributed by atoms with van der Waals surface area (Å²) in [5, 5.41) is 13.0. The number of halogens is 1. The molecule has 0 unspecified atom stereocenters. The molecule has 0 aliphatic carbocycles. The Kier molecular flexibility index (Phi) is 3.90. The standard InChI is InChI=1S/C16H18FN3O/c17-13-6-3-5-12(15(13)21)11-19-14-7-4-8-18-16(14)20-9-1-2-10-20/h3-8,19,21H,1-2,9-11H2. The van der Waals surface area contributed by atoms with E-state index in [0.29, 0.717) is 12.1 Å². The number of para-hydroxylation sites is 1. The maximum absolute atomic E-state index is 13.3. The Morgan fingerprint density at radius 2 is 2.00 bits per heavy atom. The van der Waals surface area contributed by atoms with Crippen LogP contribution in [0.3, 0.4) is 0 Å². The van der Waals surface area contributed by atoms with Crippen LogP contribution in [0.4, 0.5) is 15.9 Å². The summed E-state index contributed by atoms with van der Waals surface area (Å²) in [6.45, 7) is 2.38. The van der Waals surface area contributed by atoms with E-state index in [1.807, 2.05) is 12.1 Å². The first-order valence-electron chi connectivity index (χ1n) is 7.16. The fraction of sp³-hybridized carbons (Fsp3) is 0.312. The van der Waals surface area contributed by atoms with Gasteiger partial charge in [0.1, 0.15) is 0 Å². The highest BCUT2D eigenvalue weighted by Gasteiger charge is 2.17. The molecule has 0 radical (unpaired) electrons. The summed E-state index contributed by atoms with van der Waals surface area (Å²) in [6, 6.07) is 8.37. The highest BCUT2D eigenvalue weighted by atomic mass is 19.1. The third-order valence-corrected chi connectivity index (χ3v) is 3.73. The van der Waals surface area contributed by atoms with Crippen LogP contribution in [0.2, 0.25) is 0 Å². The van der Waals surface area contributed by atoms with E-state index in [-0.39, 0.29) is 5.75 Å². The molecular weight excluding hydrogens is 269 g/mol. The molecule has 1 aliphatic heterocycles. The zero-order valence-corrected chi connectivity index (χ0v) is 11.7. The van der Waals surface area contributed by atoms with Crippen LogP contribution in [0.1, 0.15) is 18.4 Å². The van der Waals surface area contributed by atoms with Crippen molar-refractivity contribution in [2.45, 2.75) is 19.4 Å². The summed E-state index contributed by atoms with van der Waals surface area (Å²) in [4.78, 5) is 6.68. The second-order valence-corrected chi connectivity index (χ2v) is 5.17. The van der Waals surface area contributed by atoms with Crippen LogP contribution >= 0.6 is 0 Å². The summed E-state index contributed by atoms with van der Waals surface area (Å²) < 4.78 is 13.3. The maximum atomic E-state index is 13.3. The minimum Gasteiger partial charge on any atom is -0.505 e. The number of benzene rings is 1. The number of hydrogen-bond donors (Lipinski definition) is 2. The van der Waals surface area contributed by atoms with Gasteiger partial charge in [0, 0.05) is 31.4 Å². The predicted octanol–water partition coefficient (Wildman–Crippen LogP) is 3.14. The van der Waals surface area contributed by atoms with Crippen molar-refractivity contribution in [3.8, 4) is 5.75 Å². The van der Waals surface area contributed by atoms with Gasteiger partial charge in [-0.2, -0.15) is 0 Å². The first-order chi connectivity index (χ1) is 10.3. The molecule has 0 spiro atoms. The number of aromatic hydroxyl groups is 1. The van der Waals surface area contributed by atoms with Crippen molar-refractivity contribution in [1.82, 2.24) is 4.98 Å². The number of nitrogens with one attached hydrogen (secondary N) is 1. The zero-order chi connectivity index (χ0) is 14.7. The Hall–Kier alpha value is -2.30. The van der Waals surface area contributed by atoms with E-state index in [9.17, 15) is 9.50 Å². The monoisotopic (exact) mass is 287 g/mol. The van der Waals surface area contributed by atoms with E-state index in [2.05, 4.69) is 15.2 Å². The second-order valence-electron chi connectivity index (χ2n) is 5.17. The summed E-state index contributed by atoms with van der Waals surface area (Å²) in [5.41, 5.74) is 1.44. The lowest BCUT2D eigenvalue weighted by Crippen LogP contribution is -2.20. The molecule has 21 heavy (non-hydrogen) atoms. The van der Waals surface area contributed by atoms with E-state index in [4.69, 9.17) is 0 Å². The van der Waals surface area contributed by atoms with E-state index in [1.54, 1.807) is 18.3 Å². The first-order valence-corrected chi connectivity index (χ1v) is 7.16. The molecule has 0 amide bonds. The van der Waals surface area contributed by atoms with Gasteiger partial charge in [0.25, 0.3) is 0 Å². The number of phenolic OH excluding ortho intramolecular Hbond substituents is 1. The zero-order valence-electron chi connectivity index (χ0n) is 11.7. The van der Waals surface area contributed by atoms with E-state index >= 15 is 0 Å². The molecule has 110 valence electrons. The van der Waals surface area contributed by atoms with Gasteiger partial charge in [-0.15, -0.1) is 0 Å². The van der Waals surface area contributed by atoms with Crippen molar-refractivity contribution in [1.29, 1.82) is 0 Å². The van der Waals surface area contributed by atoms with Crippen molar-refractivity contribution in [2.24, 2.45) is 0 Å². The molecule has 1 aliphatic rings. The molecular formula is C16H18FN3O. The van der Waals surface area contributed by atoms with Crippen molar-refractivity contribution in [2.75, 3.05) is 23.3 Å². The number of phenols is 1. The van der Waals surface area contributed by atoms with Crippen LogP contribution < -0.4 is 10.2 Å². The van der Waals surface area contributed by atoms with Gasteiger partial charge >= 0.3 is 0 Å². The fourth-order valence-corrected chi connectivity index (χ4v) is 2.61. The minimum atomic E-state index is -0.597. The van der Waals surface area contributed by atoms with Gasteiger partial charge in [-0.05, 0) is 31.0 Å². The number of nitrogens with zero attached hydrogens (tertiary/aromatic N) is 2. The van der Waals surface area contributed by atoms with Gasteiger partial charge in [-0.3, -0.25) is 0 Å². The van der Waals surface area contributed by atoms with E-state index < -0.39 is 5.82 Å². The average molecular weight is 287 g/mol. The highest BCUT2D eigenvalue weighted by molar-refractivity contribution is 5.66. The molecule has 0 atom stereocenters. The molecule has 3 rings (SSSR count). The van der Waals surface area contributed by atoms with Crippen molar-refractivity contribution >= 4 is 11.5 Å². The SMILES string of the molecule is Oc1c(F)cccc1CNc1cccnc1N1CCCC1. The third kappa shape index (κ3) is 2.91. The molecule has 1 aromatic carbocycles. The normalized spacial score (nSPS) is 14.4. The number of rotatable bonds is 4. The molecule has 1 saturated heterocycles. The van der Waals surface area contributed by atoms with Gasteiger partial charge in [-0.1, -0.05) is 12.1 Å². The van der Waals surface area contributed by atoms with Gasteiger partial charge in [0.15, 0.2) is 17.4 Å². The number of pyridine rings is 1. The van der Waals surface area contributed by atoms with Crippen molar-refractivity contribution < 1.29 is 9.50 Å². The molecule has 0 bridgehead atoms. The van der Waals surface area contributed by atoms with Gasteiger partial charge in [0.05, 0.1) is 5.69 Å². The Morgan fingerprint density at radius 1 is 1.19 bits per heavy atom. The Bertz CT molecular complexity index is 627. The van der Waals surface area contributed by atoms with Crippen molar-refractivity contribution in [3.63, 3.8) is 0 Å². The Morgan fingerprint density at radius 3 is 2.81 bits per heavy atom. The van der Waals surface area contributed by atoms with Gasteiger partial charge < -0.3 is 15.3 Å². The molecule has 1 fully saturated rings. The maximum Gasteiger partial charge on any atom is 0.165 e. The predicted molar refractivity (Wildman–Crippen MR) is 81.1 cm³/mol. The van der Waals surface area contributed by atoms with Crippen LogP contribution in [0.25, 0.3) is 0 Å². The second kappa shape index (κ2) is 5.99. The van der Waals surface area contributed by atoms with Crippen LogP contribution in [0, 0.1) is 5.82 Å². The van der Waals surface area contributed by atoms with Crippen molar-refractivity contribution in [3.05, 3.63) is 47.9 Å². The summed E-state index contributed by atoms with van der Waals surface area (Å²) in [5.74, 6) is 0.0303. The average Bonchev–Trinajstić information content (AvgIpc) is 3.03. The Labute approximate surface area is 123 Å². The van der Waals surface area contributed by atoms with Crippen LogP contribution in [-0.2, 0) is 6.54 Å². The fourth-order valence-electron chi connectivity index (χ4n) is 2.61. The van der Waals surface area contributed by atoms with Gasteiger partial charge in [-0.25, -0.2) is 9.37 Å². The lowest BCUT2D eigenvalue weighted by Gasteiger charge is -2.20. The number of aromatic nitrogens is 1. The first kappa shape index (κ1) is 13.7. The topological polar surface area (TPSA) is 48.4 Å². The largest absolute Gasteiger partial charge is 0.505 e. The quantitative estimate of drug-likeness (QED) is 0.907. The summed E-state index contributed by atoms with van der Waals surface area (Å²) in [6.07, 6.45) is 4.14.